The van der Waals surface area contributed by atoms with Crippen molar-refractivity contribution in [1.29, 1.82) is 0 Å². The maximum atomic E-state index is 13.1. The lowest BCUT2D eigenvalue weighted by atomic mass is 10.0. The van der Waals surface area contributed by atoms with E-state index in [4.69, 9.17) is 37.0 Å². The van der Waals surface area contributed by atoms with E-state index < -0.39 is 97.5 Å². The molecule has 0 amide bonds. The van der Waals surface area contributed by atoms with Gasteiger partial charge in [0.15, 0.2) is 12.2 Å². The van der Waals surface area contributed by atoms with Crippen LogP contribution in [-0.2, 0) is 65.4 Å². The fourth-order valence-corrected chi connectivity index (χ4v) is 14.0. The number of hydrogen-bond donors (Lipinski definition) is 3. The topological polar surface area (TPSA) is 237 Å². The molecule has 0 saturated heterocycles. The van der Waals surface area contributed by atoms with Crippen molar-refractivity contribution in [3.8, 4) is 0 Å². The van der Waals surface area contributed by atoms with Crippen molar-refractivity contribution in [1.82, 2.24) is 0 Å². The Morgan fingerprint density at radius 2 is 0.465 bits per heavy atom. The molecule has 5 atom stereocenters. The van der Waals surface area contributed by atoms with Crippen LogP contribution >= 0.6 is 15.6 Å². The highest BCUT2D eigenvalue weighted by atomic mass is 31.2. The summed E-state index contributed by atoms with van der Waals surface area (Å²) in [6, 6.07) is 0. The van der Waals surface area contributed by atoms with Gasteiger partial charge in [0.2, 0.25) is 0 Å². The third-order valence-corrected chi connectivity index (χ3v) is 20.7. The highest BCUT2D eigenvalue weighted by molar-refractivity contribution is 7.47. The predicted molar refractivity (Wildman–Crippen MR) is 405 cm³/mol. The van der Waals surface area contributed by atoms with Crippen LogP contribution in [0.3, 0.4) is 0 Å². The monoisotopic (exact) mass is 1450 g/mol. The summed E-state index contributed by atoms with van der Waals surface area (Å²) in [4.78, 5) is 72.8. The van der Waals surface area contributed by atoms with Crippen LogP contribution in [-0.4, -0.2) is 96.7 Å². The van der Waals surface area contributed by atoms with Crippen LogP contribution in [0.1, 0.15) is 426 Å². The van der Waals surface area contributed by atoms with Gasteiger partial charge in [0.25, 0.3) is 0 Å². The summed E-state index contributed by atoms with van der Waals surface area (Å²) >= 11 is 0. The van der Waals surface area contributed by atoms with Gasteiger partial charge in [-0.05, 0) is 31.6 Å². The van der Waals surface area contributed by atoms with Crippen molar-refractivity contribution < 1.29 is 80.2 Å². The van der Waals surface area contributed by atoms with Crippen molar-refractivity contribution in [2.45, 2.75) is 445 Å². The Kier molecular flexibility index (Phi) is 71.6. The summed E-state index contributed by atoms with van der Waals surface area (Å²) in [6.07, 6.45) is 64.1. The Morgan fingerprint density at radius 3 is 0.687 bits per heavy atom. The fourth-order valence-electron chi connectivity index (χ4n) is 12.4. The zero-order chi connectivity index (χ0) is 72.7. The van der Waals surface area contributed by atoms with Crippen LogP contribution in [0.4, 0.5) is 0 Å². The molecule has 0 radical (unpaired) electrons. The number of carbonyl (C=O) groups excluding carboxylic acids is 4. The van der Waals surface area contributed by atoms with Crippen molar-refractivity contribution in [2.75, 3.05) is 39.6 Å². The number of ether oxygens (including phenoxy) is 4. The molecule has 0 aromatic heterocycles. The van der Waals surface area contributed by atoms with Crippen LogP contribution in [0.15, 0.2) is 0 Å². The van der Waals surface area contributed by atoms with Crippen LogP contribution in [0, 0.1) is 5.92 Å². The van der Waals surface area contributed by atoms with Gasteiger partial charge in [-0.1, -0.05) is 375 Å². The second-order valence-corrected chi connectivity index (χ2v) is 32.2. The van der Waals surface area contributed by atoms with Crippen LogP contribution in [0.5, 0.6) is 0 Å². The number of carbonyl (C=O) groups is 4. The van der Waals surface area contributed by atoms with E-state index in [2.05, 4.69) is 34.6 Å². The van der Waals surface area contributed by atoms with Gasteiger partial charge in [-0.3, -0.25) is 37.3 Å². The van der Waals surface area contributed by atoms with E-state index in [1.54, 1.807) is 0 Å². The van der Waals surface area contributed by atoms with E-state index in [1.165, 1.54) is 244 Å². The summed E-state index contributed by atoms with van der Waals surface area (Å²) in [5.74, 6) is -1.29. The number of phosphoric ester groups is 2. The number of esters is 4. The largest absolute Gasteiger partial charge is 0.472 e. The Hall–Kier alpha value is -1.94. The molecule has 0 fully saturated rings. The molecule has 0 aliphatic heterocycles. The number of aliphatic hydroxyl groups excluding tert-OH is 1. The number of phosphoric acid groups is 2. The van der Waals surface area contributed by atoms with Gasteiger partial charge in [0.05, 0.1) is 26.4 Å². The van der Waals surface area contributed by atoms with Gasteiger partial charge in [-0.25, -0.2) is 9.13 Å². The minimum absolute atomic E-state index is 0.107. The van der Waals surface area contributed by atoms with Crippen LogP contribution in [0.25, 0.3) is 0 Å². The predicted octanol–water partition coefficient (Wildman–Crippen LogP) is 24.0. The van der Waals surface area contributed by atoms with E-state index in [1.807, 2.05) is 0 Å². The summed E-state index contributed by atoms with van der Waals surface area (Å²) in [5.41, 5.74) is 0. The molecule has 0 rings (SSSR count). The number of rotatable bonds is 80. The number of aliphatic hydroxyl groups is 1. The smallest absolute Gasteiger partial charge is 0.462 e. The average molecular weight is 1450 g/mol. The highest BCUT2D eigenvalue weighted by Crippen LogP contribution is 2.45. The molecule has 588 valence electrons. The molecular formula is C80H156O17P2. The Morgan fingerprint density at radius 1 is 0.273 bits per heavy atom. The molecule has 19 heteroatoms. The lowest BCUT2D eigenvalue weighted by Gasteiger charge is -2.21. The number of unbranched alkanes of at least 4 members (excludes halogenated alkanes) is 52. The van der Waals surface area contributed by atoms with E-state index >= 15 is 0 Å². The maximum absolute atomic E-state index is 13.1. The number of hydrogen-bond acceptors (Lipinski definition) is 15. The van der Waals surface area contributed by atoms with Gasteiger partial charge in [0, 0.05) is 25.7 Å². The standard InChI is InChI=1S/C80H156O17P2/c1-6-9-12-15-18-21-23-24-25-26-27-28-32-35-38-41-45-49-54-59-64-78(83)91-70-76(97-80(85)66-61-56-51-46-42-39-36-33-30-29-31-34-37-40-43-47-52-57-62-73(4)5)72-95-99(88,89)93-68-74(81)67-92-98(86,87)94-71-75(69-90-77(82)63-58-53-48-20-17-14-11-8-3)96-79(84)65-60-55-50-44-22-19-16-13-10-7-2/h73-76,81H,6-72H2,1-5H3,(H,86,87)(H,88,89)/t74-,75+,76+/m0/s1. The summed E-state index contributed by atoms with van der Waals surface area (Å²) < 4.78 is 68.5. The van der Waals surface area contributed by atoms with Gasteiger partial charge >= 0.3 is 39.5 Å². The molecule has 2 unspecified atom stereocenters. The van der Waals surface area contributed by atoms with E-state index in [0.29, 0.717) is 25.7 Å². The van der Waals surface area contributed by atoms with Crippen molar-refractivity contribution in [2.24, 2.45) is 5.92 Å². The second-order valence-electron chi connectivity index (χ2n) is 29.3. The Balaban J connectivity index is 5.15. The van der Waals surface area contributed by atoms with Crippen molar-refractivity contribution in [3.63, 3.8) is 0 Å². The molecule has 0 spiro atoms. The molecule has 99 heavy (non-hydrogen) atoms. The van der Waals surface area contributed by atoms with Crippen LogP contribution in [0.2, 0.25) is 0 Å². The minimum Gasteiger partial charge on any atom is -0.462 e. The second kappa shape index (κ2) is 73.0. The molecule has 0 aromatic carbocycles. The average Bonchev–Trinajstić information content (AvgIpc) is 1.04. The fraction of sp³-hybridized carbons (Fsp3) is 0.950. The SMILES string of the molecule is CCCCCCCCCCCCCCCCCCCCCCC(=O)OC[C@H](COP(=O)(O)OC[C@@H](O)COP(=O)(O)OC[C@@H](COC(=O)CCCCCCCCCC)OC(=O)CCCCCCCCCCCC)OC(=O)CCCCCCCCCCCCCCCCCCCCC(C)C. The highest BCUT2D eigenvalue weighted by Gasteiger charge is 2.30. The Bertz CT molecular complexity index is 1890. The molecule has 0 aliphatic carbocycles. The molecule has 0 aromatic rings. The van der Waals surface area contributed by atoms with Gasteiger partial charge in [-0.2, -0.15) is 0 Å². The quantitative estimate of drug-likeness (QED) is 0.0222. The van der Waals surface area contributed by atoms with E-state index in [9.17, 15) is 43.2 Å². The third kappa shape index (κ3) is 74.1. The molecule has 0 aliphatic rings. The van der Waals surface area contributed by atoms with Gasteiger partial charge < -0.3 is 33.8 Å². The van der Waals surface area contributed by atoms with E-state index in [-0.39, 0.29) is 25.7 Å². The summed E-state index contributed by atoms with van der Waals surface area (Å²) in [5, 5.41) is 10.6. The lowest BCUT2D eigenvalue weighted by Crippen LogP contribution is -2.30. The first-order valence-corrected chi connectivity index (χ1v) is 44.6. The maximum Gasteiger partial charge on any atom is 0.472 e. The summed E-state index contributed by atoms with van der Waals surface area (Å²) in [7, 11) is -9.91. The van der Waals surface area contributed by atoms with E-state index in [0.717, 1.165) is 102 Å². The van der Waals surface area contributed by atoms with Gasteiger partial charge in [-0.15, -0.1) is 0 Å². The summed E-state index contributed by atoms with van der Waals surface area (Å²) in [6.45, 7) is 7.31. The molecule has 0 saturated carbocycles. The first kappa shape index (κ1) is 97.1. The lowest BCUT2D eigenvalue weighted by molar-refractivity contribution is -0.161. The molecule has 3 N–H and O–H groups in total. The molecule has 0 heterocycles. The van der Waals surface area contributed by atoms with Gasteiger partial charge in [0.1, 0.15) is 19.3 Å². The first-order valence-electron chi connectivity index (χ1n) is 41.6. The minimum atomic E-state index is -4.96. The normalized spacial score (nSPS) is 13.9. The third-order valence-electron chi connectivity index (χ3n) is 18.8. The van der Waals surface area contributed by atoms with Crippen molar-refractivity contribution >= 4 is 39.5 Å². The molecule has 17 nitrogen and oxygen atoms in total. The first-order chi connectivity index (χ1) is 48.0. The zero-order valence-corrected chi connectivity index (χ0v) is 66.4. The Labute approximate surface area is 607 Å². The van der Waals surface area contributed by atoms with Crippen LogP contribution < -0.4 is 0 Å². The molecule has 0 bridgehead atoms. The van der Waals surface area contributed by atoms with Crippen molar-refractivity contribution in [3.05, 3.63) is 0 Å². The zero-order valence-electron chi connectivity index (χ0n) is 64.6. The molecular weight excluding hydrogens is 1290 g/mol.